The lowest BCUT2D eigenvalue weighted by Crippen LogP contribution is -2.29. The van der Waals surface area contributed by atoms with Crippen molar-refractivity contribution in [2.45, 2.75) is 64.3 Å². The first-order chi connectivity index (χ1) is 18.1. The van der Waals surface area contributed by atoms with Gasteiger partial charge < -0.3 is 4.74 Å². The average Bonchev–Trinajstić information content (AvgIpc) is 2.86. The number of alkyl halides is 3. The molecular formula is C28H26F4N4O2. The van der Waals surface area contributed by atoms with Gasteiger partial charge in [-0.1, -0.05) is 12.1 Å². The number of rotatable bonds is 5. The van der Waals surface area contributed by atoms with Crippen LogP contribution in [0, 0.1) is 19.7 Å². The van der Waals surface area contributed by atoms with Gasteiger partial charge in [-0.05, 0) is 86.8 Å². The van der Waals surface area contributed by atoms with Crippen molar-refractivity contribution in [1.82, 2.24) is 19.5 Å². The predicted molar refractivity (Wildman–Crippen MR) is 134 cm³/mol. The molecule has 10 heteroatoms. The maximum absolute atomic E-state index is 14.6. The van der Waals surface area contributed by atoms with Gasteiger partial charge in [0, 0.05) is 23.3 Å². The van der Waals surface area contributed by atoms with Crippen LogP contribution in [0.2, 0.25) is 0 Å². The molecule has 0 spiro atoms. The molecule has 38 heavy (non-hydrogen) atoms. The lowest BCUT2D eigenvalue weighted by molar-refractivity contribution is -0.275. The number of benzene rings is 1. The van der Waals surface area contributed by atoms with Gasteiger partial charge in [-0.25, -0.2) is 14.4 Å². The summed E-state index contributed by atoms with van der Waals surface area (Å²) in [7, 11) is 0. The van der Waals surface area contributed by atoms with Crippen LogP contribution in [0.4, 0.5) is 17.6 Å². The number of hydrogen-bond donors (Lipinski definition) is 0. The van der Waals surface area contributed by atoms with Crippen LogP contribution in [0.1, 0.15) is 65.7 Å². The Morgan fingerprint density at radius 2 is 1.76 bits per heavy atom. The van der Waals surface area contributed by atoms with Gasteiger partial charge in [0.2, 0.25) is 0 Å². The molecular weight excluding hydrogens is 500 g/mol. The normalized spacial score (nSPS) is 18.1. The highest BCUT2D eigenvalue weighted by atomic mass is 19.4. The summed E-state index contributed by atoms with van der Waals surface area (Å²) in [5.41, 5.74) is 2.12. The largest absolute Gasteiger partial charge is 0.573 e. The highest BCUT2D eigenvalue weighted by Gasteiger charge is 2.33. The molecule has 0 aliphatic heterocycles. The molecule has 3 heterocycles. The fourth-order valence-corrected chi connectivity index (χ4v) is 5.47. The van der Waals surface area contributed by atoms with Gasteiger partial charge in [0.1, 0.15) is 23.0 Å². The molecule has 1 aliphatic carbocycles. The summed E-state index contributed by atoms with van der Waals surface area (Å²) in [6, 6.07) is 9.37. The van der Waals surface area contributed by atoms with Gasteiger partial charge in [0.25, 0.3) is 5.56 Å². The molecule has 1 fully saturated rings. The van der Waals surface area contributed by atoms with E-state index in [9.17, 15) is 22.4 Å². The van der Waals surface area contributed by atoms with E-state index in [2.05, 4.69) is 19.7 Å². The number of aryl methyl sites for hydroxylation is 2. The van der Waals surface area contributed by atoms with E-state index in [-0.39, 0.29) is 35.5 Å². The molecule has 5 rings (SSSR count). The fourth-order valence-electron chi connectivity index (χ4n) is 5.47. The lowest BCUT2D eigenvalue weighted by atomic mass is 9.75. The second kappa shape index (κ2) is 10.2. The Labute approximate surface area is 216 Å². The van der Waals surface area contributed by atoms with Crippen LogP contribution in [0.5, 0.6) is 5.75 Å². The molecule has 198 valence electrons. The minimum atomic E-state index is -4.90. The molecule has 3 aromatic heterocycles. The molecule has 1 saturated carbocycles. The van der Waals surface area contributed by atoms with Crippen LogP contribution in [0.3, 0.4) is 0 Å². The second-order valence-electron chi connectivity index (χ2n) is 9.70. The molecule has 0 amide bonds. The maximum Gasteiger partial charge on any atom is 0.573 e. The average molecular weight is 527 g/mol. The third-order valence-electron chi connectivity index (χ3n) is 7.20. The number of pyridine rings is 2. The van der Waals surface area contributed by atoms with E-state index < -0.39 is 12.1 Å². The van der Waals surface area contributed by atoms with Crippen molar-refractivity contribution in [3.05, 3.63) is 93.2 Å². The smallest absolute Gasteiger partial charge is 0.404 e. The Balaban J connectivity index is 1.51. The first-order valence-electron chi connectivity index (χ1n) is 12.4. The molecule has 1 aliphatic rings. The third-order valence-corrected chi connectivity index (χ3v) is 7.20. The number of hydrogen-bond acceptors (Lipinski definition) is 5. The van der Waals surface area contributed by atoms with Crippen molar-refractivity contribution < 1.29 is 22.3 Å². The van der Waals surface area contributed by atoms with Crippen molar-refractivity contribution in [1.29, 1.82) is 0 Å². The van der Waals surface area contributed by atoms with E-state index >= 15 is 0 Å². The van der Waals surface area contributed by atoms with Crippen LogP contribution in [0.15, 0.2) is 53.6 Å². The first-order valence-corrected chi connectivity index (χ1v) is 12.4. The summed E-state index contributed by atoms with van der Waals surface area (Å²) >= 11 is 0. The fraction of sp³-hybridized carbons (Fsp3) is 0.357. The number of aromatic nitrogens is 4. The van der Waals surface area contributed by atoms with Crippen molar-refractivity contribution in [3.63, 3.8) is 0 Å². The summed E-state index contributed by atoms with van der Waals surface area (Å²) in [6.07, 6.45) is 0.853. The van der Waals surface area contributed by atoms with E-state index in [1.54, 1.807) is 25.3 Å². The molecule has 4 aromatic rings. The molecule has 0 saturated heterocycles. The SMILES string of the molecule is Cc1ncc2cc([C@H]3CC[C@H](c4c(C)cccc4F)CC3)c(=O)n(Cc3ncccc3OC(F)(F)F)c2n1. The zero-order chi connectivity index (χ0) is 27.0. The predicted octanol–water partition coefficient (Wildman–Crippen LogP) is 6.33. The summed E-state index contributed by atoms with van der Waals surface area (Å²) in [5, 5.41) is 0.603. The van der Waals surface area contributed by atoms with Crippen LogP contribution in [0.25, 0.3) is 11.0 Å². The topological polar surface area (TPSA) is 69.9 Å². The molecule has 0 N–H and O–H groups in total. The molecule has 0 bridgehead atoms. The van der Waals surface area contributed by atoms with Gasteiger partial charge in [-0.15, -0.1) is 13.2 Å². The van der Waals surface area contributed by atoms with Gasteiger partial charge in [-0.3, -0.25) is 14.3 Å². The highest BCUT2D eigenvalue weighted by Crippen LogP contribution is 2.41. The number of ether oxygens (including phenoxy) is 1. The minimum absolute atomic E-state index is 0.0413. The summed E-state index contributed by atoms with van der Waals surface area (Å²) in [6.45, 7) is 3.33. The summed E-state index contributed by atoms with van der Waals surface area (Å²) < 4.78 is 59.1. The molecule has 0 unspecified atom stereocenters. The highest BCUT2D eigenvalue weighted by molar-refractivity contribution is 5.75. The van der Waals surface area contributed by atoms with Gasteiger partial charge in [-0.2, -0.15) is 0 Å². The van der Waals surface area contributed by atoms with E-state index in [0.29, 0.717) is 35.3 Å². The monoisotopic (exact) mass is 526 g/mol. The molecule has 0 radical (unpaired) electrons. The first kappa shape index (κ1) is 25.8. The van der Waals surface area contributed by atoms with Crippen molar-refractivity contribution >= 4 is 11.0 Å². The molecule has 6 nitrogen and oxygen atoms in total. The number of halogens is 4. The van der Waals surface area contributed by atoms with Crippen molar-refractivity contribution in [2.75, 3.05) is 0 Å². The van der Waals surface area contributed by atoms with E-state index in [1.807, 2.05) is 13.0 Å². The second-order valence-corrected chi connectivity index (χ2v) is 9.70. The van der Waals surface area contributed by atoms with Crippen LogP contribution < -0.4 is 10.3 Å². The Morgan fingerprint density at radius 1 is 1.03 bits per heavy atom. The summed E-state index contributed by atoms with van der Waals surface area (Å²) in [4.78, 5) is 26.5. The van der Waals surface area contributed by atoms with Gasteiger partial charge >= 0.3 is 6.36 Å². The van der Waals surface area contributed by atoms with E-state index in [1.165, 1.54) is 29.0 Å². The summed E-state index contributed by atoms with van der Waals surface area (Å²) in [5.74, 6) is -0.278. The maximum atomic E-state index is 14.6. The van der Waals surface area contributed by atoms with Gasteiger partial charge in [0.15, 0.2) is 5.75 Å². The Morgan fingerprint density at radius 3 is 2.47 bits per heavy atom. The quantitative estimate of drug-likeness (QED) is 0.284. The van der Waals surface area contributed by atoms with Crippen molar-refractivity contribution in [2.24, 2.45) is 0 Å². The third kappa shape index (κ3) is 5.25. The molecule has 1 aromatic carbocycles. The van der Waals surface area contributed by atoms with Crippen molar-refractivity contribution in [3.8, 4) is 5.75 Å². The Hall–Kier alpha value is -3.82. The minimum Gasteiger partial charge on any atom is -0.404 e. The zero-order valence-corrected chi connectivity index (χ0v) is 20.9. The van der Waals surface area contributed by atoms with E-state index in [0.717, 1.165) is 24.0 Å². The Kier molecular flexibility index (Phi) is 6.90. The van der Waals surface area contributed by atoms with E-state index in [4.69, 9.17) is 0 Å². The number of nitrogens with zero attached hydrogens (tertiary/aromatic N) is 4. The lowest BCUT2D eigenvalue weighted by Gasteiger charge is -2.30. The van der Waals surface area contributed by atoms with Gasteiger partial charge in [0.05, 0.1) is 6.54 Å². The van der Waals surface area contributed by atoms with Crippen LogP contribution in [-0.2, 0) is 6.54 Å². The Bertz CT molecular complexity index is 1520. The number of fused-ring (bicyclic) bond motifs is 1. The van der Waals surface area contributed by atoms with Crippen LogP contribution >= 0.6 is 0 Å². The standard InChI is InChI=1S/C28H26F4N4O2/c1-16-5-3-6-22(29)25(16)19-10-8-18(9-11-19)21-13-20-14-34-17(2)35-26(20)36(27(21)37)15-23-24(7-4-12-33-23)38-28(30,31)32/h3-7,12-14,18-19H,8-11,15H2,1-2H3/t18-,19-. The zero-order valence-electron chi connectivity index (χ0n) is 20.9. The molecule has 0 atom stereocenters. The van der Waals surface area contributed by atoms with Crippen LogP contribution in [-0.4, -0.2) is 25.9 Å².